The summed E-state index contributed by atoms with van der Waals surface area (Å²) in [6, 6.07) is 10.2. The van der Waals surface area contributed by atoms with Gasteiger partial charge in [-0.2, -0.15) is 16.8 Å². The van der Waals surface area contributed by atoms with E-state index in [1.807, 2.05) is 0 Å². The van der Waals surface area contributed by atoms with Gasteiger partial charge >= 0.3 is 10.1 Å². The van der Waals surface area contributed by atoms with Gasteiger partial charge in [0.1, 0.15) is 10.6 Å². The molecule has 12 bridgehead atoms. The topological polar surface area (TPSA) is 97.7 Å². The summed E-state index contributed by atoms with van der Waals surface area (Å²) in [6.07, 6.45) is 20.2. The van der Waals surface area contributed by atoms with E-state index < -0.39 is 20.2 Å². The van der Waals surface area contributed by atoms with Crippen molar-refractivity contribution in [1.82, 2.24) is 0 Å². The van der Waals surface area contributed by atoms with Crippen molar-refractivity contribution >= 4 is 20.2 Å². The van der Waals surface area contributed by atoms with Crippen LogP contribution in [0.5, 0.6) is 5.75 Å². The molecule has 1 N–H and O–H groups in total. The van der Waals surface area contributed by atoms with Gasteiger partial charge in [0.15, 0.2) is 0 Å². The number of hydrogen-bond acceptors (Lipinski definition) is 5. The first-order chi connectivity index (χ1) is 27.1. The van der Waals surface area contributed by atoms with E-state index in [1.165, 1.54) is 113 Å². The number of rotatable bonds is 7. The molecule has 0 aromatic heterocycles. The Hall–Kier alpha value is -1.90. The molecule has 2 aromatic carbocycles. The van der Waals surface area contributed by atoms with Crippen LogP contribution in [0, 0.1) is 107 Å². The first-order valence-electron chi connectivity index (χ1n) is 23.3. The molecule has 12 aliphatic carbocycles. The van der Waals surface area contributed by atoms with Gasteiger partial charge in [0.25, 0.3) is 10.1 Å². The zero-order valence-electron chi connectivity index (χ0n) is 32.5. The maximum absolute atomic E-state index is 15.4. The number of benzene rings is 2. The highest BCUT2D eigenvalue weighted by Crippen LogP contribution is 2.74. The highest BCUT2D eigenvalue weighted by Gasteiger charge is 2.66. The number of hydrogen-bond donors (Lipinski definition) is 1. The van der Waals surface area contributed by atoms with E-state index in [1.54, 1.807) is 0 Å². The summed E-state index contributed by atoms with van der Waals surface area (Å²) in [5.41, 5.74) is 3.71. The summed E-state index contributed by atoms with van der Waals surface area (Å²) in [6.45, 7) is 0. The first kappa shape index (κ1) is 33.9. The van der Waals surface area contributed by atoms with Gasteiger partial charge in [-0.15, -0.1) is 0 Å². The molecule has 21 unspecified atom stereocenters. The predicted molar refractivity (Wildman–Crippen MR) is 211 cm³/mol. The van der Waals surface area contributed by atoms with Crippen LogP contribution in [0.1, 0.15) is 131 Å². The van der Waals surface area contributed by atoms with Gasteiger partial charge in [0.05, 0.1) is 4.90 Å². The van der Waals surface area contributed by atoms with Crippen molar-refractivity contribution in [2.75, 3.05) is 0 Å². The van der Waals surface area contributed by atoms with Gasteiger partial charge in [-0.05, 0) is 262 Å². The van der Waals surface area contributed by atoms with E-state index in [4.69, 9.17) is 4.18 Å². The molecule has 0 amide bonds. The molecule has 0 saturated heterocycles. The van der Waals surface area contributed by atoms with Crippen molar-refractivity contribution in [2.24, 2.45) is 107 Å². The van der Waals surface area contributed by atoms with Crippen LogP contribution in [0.15, 0.2) is 46.2 Å². The lowest BCUT2D eigenvalue weighted by Gasteiger charge is -2.42. The summed E-state index contributed by atoms with van der Waals surface area (Å²) >= 11 is 0. The fraction of sp³-hybridized carbons (Fsp3) is 0.750. The lowest BCUT2D eigenvalue weighted by atomic mass is 9.63. The van der Waals surface area contributed by atoms with Gasteiger partial charge in [0, 0.05) is 0 Å². The summed E-state index contributed by atoms with van der Waals surface area (Å²) in [4.78, 5) is 0.247. The molecule has 2 aromatic rings. The zero-order valence-corrected chi connectivity index (χ0v) is 34.1. The molecule has 12 fully saturated rings. The van der Waals surface area contributed by atoms with Crippen molar-refractivity contribution in [1.29, 1.82) is 0 Å². The second-order valence-corrected chi connectivity index (χ2v) is 25.4. The average Bonchev–Trinajstić information content (AvgIpc) is 4.03. The van der Waals surface area contributed by atoms with Crippen LogP contribution in [0.3, 0.4) is 0 Å². The standard InChI is InChI=1S/C48H58O6S2/c49-55(50,51)33-9-7-32(8-10-33)54-56(52,53)48-40(35-17-30-20-38(35)46-26-5-2-23(12-26)43(30)46)14-28(34-16-29-19-37(34)45-25-4-1-22(11-25)42(29)45)15-41(48)36-18-31-21-39(36)47-27-6-3-24(13-27)44(31)47/h7-10,14-15,22-27,29-31,34-39,42-47H,1-6,11-13,16-21H2,(H,49,50,51). The minimum atomic E-state index is -4.41. The van der Waals surface area contributed by atoms with Crippen LogP contribution in [0.4, 0.5) is 0 Å². The smallest absolute Gasteiger partial charge is 0.339 e. The molecule has 21 atom stereocenters. The molecule has 0 aliphatic heterocycles. The van der Waals surface area contributed by atoms with E-state index >= 15 is 8.42 Å². The van der Waals surface area contributed by atoms with Gasteiger partial charge in [-0.25, -0.2) is 0 Å². The maximum Gasteiger partial charge on any atom is 0.339 e. The third kappa shape index (κ3) is 4.39. The molecule has 8 heteroatoms. The quantitative estimate of drug-likeness (QED) is 0.170. The van der Waals surface area contributed by atoms with Crippen LogP contribution in [-0.4, -0.2) is 21.4 Å². The minimum absolute atomic E-state index is 0.107. The zero-order chi connectivity index (χ0) is 37.1. The molecule has 6 nitrogen and oxygen atoms in total. The van der Waals surface area contributed by atoms with Gasteiger partial charge < -0.3 is 4.18 Å². The fourth-order valence-electron chi connectivity index (χ4n) is 20.4. The van der Waals surface area contributed by atoms with E-state index in [9.17, 15) is 13.0 Å². The molecule has 298 valence electrons. The van der Waals surface area contributed by atoms with Crippen LogP contribution in [0.25, 0.3) is 0 Å². The molecular weight excluding hydrogens is 737 g/mol. The van der Waals surface area contributed by atoms with Crippen molar-refractivity contribution in [2.45, 2.75) is 124 Å². The molecule has 12 saturated carbocycles. The predicted octanol–water partition coefficient (Wildman–Crippen LogP) is 10.1. The Morgan fingerprint density at radius 3 is 1.29 bits per heavy atom. The van der Waals surface area contributed by atoms with Crippen LogP contribution in [0.2, 0.25) is 0 Å². The van der Waals surface area contributed by atoms with Gasteiger partial charge in [-0.1, -0.05) is 12.1 Å². The van der Waals surface area contributed by atoms with Crippen LogP contribution in [-0.2, 0) is 20.2 Å². The average molecular weight is 795 g/mol. The Morgan fingerprint density at radius 1 is 0.464 bits per heavy atom. The second kappa shape index (κ2) is 11.3. The van der Waals surface area contributed by atoms with E-state index in [0.717, 1.165) is 119 Å². The van der Waals surface area contributed by atoms with Crippen molar-refractivity contribution < 1.29 is 25.6 Å². The maximum atomic E-state index is 15.4. The lowest BCUT2D eigenvalue weighted by molar-refractivity contribution is 0.126. The molecule has 12 aliphatic rings. The fourth-order valence-corrected chi connectivity index (χ4v) is 22.3. The highest BCUT2D eigenvalue weighted by atomic mass is 32.2. The molecule has 56 heavy (non-hydrogen) atoms. The van der Waals surface area contributed by atoms with E-state index in [0.29, 0.717) is 22.6 Å². The van der Waals surface area contributed by atoms with Crippen molar-refractivity contribution in [3.63, 3.8) is 0 Å². The van der Waals surface area contributed by atoms with Crippen molar-refractivity contribution in [3.05, 3.63) is 53.1 Å². The number of fused-ring (bicyclic) bond motifs is 27. The molecule has 0 radical (unpaired) electrons. The summed E-state index contributed by atoms with van der Waals surface area (Å²) in [5.74, 6) is 15.7. The molecule has 0 heterocycles. The Bertz CT molecular complexity index is 2180. The molecule has 14 rings (SSSR count). The Morgan fingerprint density at radius 2 is 0.857 bits per heavy atom. The SMILES string of the molecule is O=S(=O)(O)c1ccc(OS(=O)(=O)c2c(C3CC4CC3C3C5CCC(C5)C43)cc(C3CC4CC3C3C5CCC(C5)C43)cc2C2CC3CC2C2C4CCC(C4)C32)cc1. The monoisotopic (exact) mass is 794 g/mol. The third-order valence-corrected chi connectivity index (χ3v) is 23.4. The van der Waals surface area contributed by atoms with Gasteiger partial charge in [-0.3, -0.25) is 4.55 Å². The van der Waals surface area contributed by atoms with Crippen molar-refractivity contribution in [3.8, 4) is 5.75 Å². The summed E-state index contributed by atoms with van der Waals surface area (Å²) in [5, 5.41) is 0. The second-order valence-electron chi connectivity index (χ2n) is 22.5. The van der Waals surface area contributed by atoms with Crippen LogP contribution < -0.4 is 4.18 Å². The normalized spacial score (nSPS) is 51.8. The highest BCUT2D eigenvalue weighted by molar-refractivity contribution is 7.87. The van der Waals surface area contributed by atoms with E-state index in [-0.39, 0.29) is 22.5 Å². The Labute approximate surface area is 333 Å². The minimum Gasteiger partial charge on any atom is -0.379 e. The summed E-state index contributed by atoms with van der Waals surface area (Å²) < 4.78 is 70.4. The molecule has 0 spiro atoms. The summed E-state index contributed by atoms with van der Waals surface area (Å²) in [7, 11) is -8.69. The Balaban J connectivity index is 0.928. The lowest BCUT2D eigenvalue weighted by Crippen LogP contribution is -2.34. The van der Waals surface area contributed by atoms with E-state index in [2.05, 4.69) is 12.1 Å². The van der Waals surface area contributed by atoms with Gasteiger partial charge in [0.2, 0.25) is 0 Å². The molecular formula is C48H58O6S2. The third-order valence-electron chi connectivity index (χ3n) is 21.2. The van der Waals surface area contributed by atoms with Crippen LogP contribution >= 0.6 is 0 Å². The Kier molecular flexibility index (Phi) is 6.82. The first-order valence-corrected chi connectivity index (χ1v) is 26.1. The largest absolute Gasteiger partial charge is 0.379 e.